The van der Waals surface area contributed by atoms with Crippen molar-refractivity contribution in [3.05, 3.63) is 29.6 Å². The summed E-state index contributed by atoms with van der Waals surface area (Å²) in [5.41, 5.74) is 0.777. The highest BCUT2D eigenvalue weighted by Gasteiger charge is 2.40. The van der Waals surface area contributed by atoms with Crippen molar-refractivity contribution < 1.29 is 23.5 Å². The molecule has 146 valence electrons. The Hall–Kier alpha value is -2.44. The molecule has 1 saturated heterocycles. The number of carbonyl (C=O) groups is 3. The molecule has 0 spiro atoms. The van der Waals surface area contributed by atoms with Gasteiger partial charge in [0.25, 0.3) is 5.91 Å². The van der Waals surface area contributed by atoms with Crippen molar-refractivity contribution in [3.63, 3.8) is 0 Å². The lowest BCUT2D eigenvalue weighted by Gasteiger charge is -2.24. The summed E-state index contributed by atoms with van der Waals surface area (Å²) in [6, 6.07) is 4.59. The van der Waals surface area contributed by atoms with Crippen LogP contribution in [0.15, 0.2) is 18.2 Å². The van der Waals surface area contributed by atoms with Crippen LogP contribution in [-0.4, -0.2) is 41.4 Å². The van der Waals surface area contributed by atoms with Gasteiger partial charge in [0.15, 0.2) is 6.10 Å². The van der Waals surface area contributed by atoms with E-state index in [1.165, 1.54) is 13.0 Å². The van der Waals surface area contributed by atoms with Crippen LogP contribution in [0.4, 0.5) is 10.1 Å². The fraction of sp³-hybridized carbons (Fsp3) is 0.550. The number of amides is 2. The lowest BCUT2D eigenvalue weighted by Crippen LogP contribution is -2.36. The van der Waals surface area contributed by atoms with Crippen molar-refractivity contribution in [1.82, 2.24) is 4.90 Å². The molecule has 1 N–H and O–H groups in total. The lowest BCUT2D eigenvalue weighted by atomic mass is 10.1. The van der Waals surface area contributed by atoms with E-state index < -0.39 is 29.7 Å². The van der Waals surface area contributed by atoms with Gasteiger partial charge in [0, 0.05) is 24.7 Å². The predicted octanol–water partition coefficient (Wildman–Crippen LogP) is 2.80. The molecule has 2 fully saturated rings. The molecular weight excluding hydrogens is 351 g/mol. The Kier molecular flexibility index (Phi) is 5.77. The first-order chi connectivity index (χ1) is 12.8. The maximum absolute atomic E-state index is 13.6. The zero-order valence-electron chi connectivity index (χ0n) is 15.7. The summed E-state index contributed by atoms with van der Waals surface area (Å²) in [6.45, 7) is 3.45. The van der Waals surface area contributed by atoms with Crippen molar-refractivity contribution in [1.29, 1.82) is 0 Å². The number of rotatable bonds is 5. The minimum Gasteiger partial charge on any atom is -0.452 e. The highest BCUT2D eigenvalue weighted by Crippen LogP contribution is 2.30. The highest BCUT2D eigenvalue weighted by molar-refractivity contribution is 5.95. The molecule has 0 aromatic heterocycles. The van der Waals surface area contributed by atoms with Crippen molar-refractivity contribution in [2.45, 2.75) is 58.1 Å². The number of hydrogen-bond acceptors (Lipinski definition) is 4. The first-order valence-corrected chi connectivity index (χ1v) is 9.42. The van der Waals surface area contributed by atoms with Gasteiger partial charge in [0.2, 0.25) is 5.91 Å². The van der Waals surface area contributed by atoms with Crippen LogP contribution in [0.25, 0.3) is 0 Å². The molecule has 2 aliphatic rings. The molecule has 3 rings (SSSR count). The first-order valence-electron chi connectivity index (χ1n) is 9.42. The fourth-order valence-corrected chi connectivity index (χ4v) is 3.70. The van der Waals surface area contributed by atoms with Gasteiger partial charge >= 0.3 is 5.97 Å². The third-order valence-corrected chi connectivity index (χ3v) is 5.36. The zero-order chi connectivity index (χ0) is 19.6. The molecule has 7 heteroatoms. The molecular formula is C20H25FN2O4. The van der Waals surface area contributed by atoms with Crippen LogP contribution in [0.1, 0.15) is 44.6 Å². The number of nitrogens with zero attached hydrogens (tertiary/aromatic N) is 1. The number of benzene rings is 1. The van der Waals surface area contributed by atoms with Crippen molar-refractivity contribution in [2.24, 2.45) is 5.92 Å². The monoisotopic (exact) mass is 376 g/mol. The molecule has 1 saturated carbocycles. The van der Waals surface area contributed by atoms with Crippen LogP contribution < -0.4 is 5.32 Å². The maximum Gasteiger partial charge on any atom is 0.312 e. The van der Waals surface area contributed by atoms with Crippen LogP contribution in [-0.2, 0) is 19.1 Å². The fourth-order valence-electron chi connectivity index (χ4n) is 3.70. The van der Waals surface area contributed by atoms with Gasteiger partial charge in [-0.3, -0.25) is 14.4 Å². The summed E-state index contributed by atoms with van der Waals surface area (Å²) < 4.78 is 18.8. The number of carbonyl (C=O) groups excluding carboxylic acids is 3. The molecule has 1 aromatic carbocycles. The zero-order valence-corrected chi connectivity index (χ0v) is 15.7. The molecule has 1 aromatic rings. The van der Waals surface area contributed by atoms with Gasteiger partial charge < -0.3 is 15.0 Å². The second-order valence-corrected chi connectivity index (χ2v) is 7.42. The van der Waals surface area contributed by atoms with Crippen LogP contribution >= 0.6 is 0 Å². The third kappa shape index (κ3) is 4.46. The summed E-state index contributed by atoms with van der Waals surface area (Å²) in [5.74, 6) is -2.06. The van der Waals surface area contributed by atoms with E-state index in [-0.39, 0.29) is 18.4 Å². The molecule has 1 aliphatic heterocycles. The van der Waals surface area contributed by atoms with E-state index in [2.05, 4.69) is 5.32 Å². The summed E-state index contributed by atoms with van der Waals surface area (Å²) >= 11 is 0. The van der Waals surface area contributed by atoms with E-state index in [9.17, 15) is 18.8 Å². The number of esters is 1. The van der Waals surface area contributed by atoms with Gasteiger partial charge in [-0.05, 0) is 44.4 Å². The summed E-state index contributed by atoms with van der Waals surface area (Å²) in [6.07, 6.45) is 3.30. The largest absolute Gasteiger partial charge is 0.452 e. The molecule has 2 amide bonds. The topological polar surface area (TPSA) is 75.7 Å². The SMILES string of the molecule is Cc1ccc(NC(=O)[C@H](C)OC(=O)[C@@H]2CC(=O)N(C3CCCC3)C2)cc1F. The smallest absolute Gasteiger partial charge is 0.312 e. The van der Waals surface area contributed by atoms with Gasteiger partial charge in [-0.25, -0.2) is 4.39 Å². The molecule has 2 atom stereocenters. The van der Waals surface area contributed by atoms with Crippen LogP contribution in [0.5, 0.6) is 0 Å². The van der Waals surface area contributed by atoms with E-state index in [1.807, 2.05) is 0 Å². The Morgan fingerprint density at radius 3 is 2.67 bits per heavy atom. The van der Waals surface area contributed by atoms with E-state index in [4.69, 9.17) is 4.74 Å². The molecule has 1 heterocycles. The summed E-state index contributed by atoms with van der Waals surface area (Å²) in [4.78, 5) is 38.6. The van der Waals surface area contributed by atoms with Gasteiger partial charge in [0.1, 0.15) is 5.82 Å². The van der Waals surface area contributed by atoms with Crippen LogP contribution in [0.2, 0.25) is 0 Å². The van der Waals surface area contributed by atoms with Crippen LogP contribution in [0, 0.1) is 18.7 Å². The van der Waals surface area contributed by atoms with Crippen LogP contribution in [0.3, 0.4) is 0 Å². The predicted molar refractivity (Wildman–Crippen MR) is 97.4 cm³/mol. The molecule has 1 aliphatic carbocycles. The Balaban J connectivity index is 1.53. The average Bonchev–Trinajstić information content (AvgIpc) is 3.27. The second kappa shape index (κ2) is 8.06. The lowest BCUT2D eigenvalue weighted by molar-refractivity contribution is -0.157. The minimum absolute atomic E-state index is 0.0175. The number of anilines is 1. The van der Waals surface area contributed by atoms with Gasteiger partial charge in [-0.15, -0.1) is 0 Å². The number of nitrogens with one attached hydrogen (secondary N) is 1. The number of halogens is 1. The maximum atomic E-state index is 13.6. The number of likely N-dealkylation sites (tertiary alicyclic amines) is 1. The second-order valence-electron chi connectivity index (χ2n) is 7.42. The Morgan fingerprint density at radius 1 is 1.30 bits per heavy atom. The van der Waals surface area contributed by atoms with E-state index in [1.54, 1.807) is 24.0 Å². The normalized spacial score (nSPS) is 21.4. The average molecular weight is 376 g/mol. The van der Waals surface area contributed by atoms with E-state index in [0.717, 1.165) is 25.7 Å². The Bertz CT molecular complexity index is 745. The Morgan fingerprint density at radius 2 is 2.00 bits per heavy atom. The standard InChI is InChI=1S/C20H25FN2O4/c1-12-7-8-15(10-17(12)21)22-19(25)13(2)27-20(26)14-9-18(24)23(11-14)16-5-3-4-6-16/h7-8,10,13-14,16H,3-6,9,11H2,1-2H3,(H,22,25)/t13-,14+/m0/s1. The summed E-state index contributed by atoms with van der Waals surface area (Å²) in [7, 11) is 0. The van der Waals surface area contributed by atoms with E-state index >= 15 is 0 Å². The summed E-state index contributed by atoms with van der Waals surface area (Å²) in [5, 5.41) is 2.53. The molecule has 0 radical (unpaired) electrons. The number of hydrogen-bond donors (Lipinski definition) is 1. The van der Waals surface area contributed by atoms with Gasteiger partial charge in [-0.2, -0.15) is 0 Å². The molecule has 27 heavy (non-hydrogen) atoms. The third-order valence-electron chi connectivity index (χ3n) is 5.36. The van der Waals surface area contributed by atoms with Gasteiger partial charge in [0.05, 0.1) is 5.92 Å². The minimum atomic E-state index is -1.03. The van der Waals surface area contributed by atoms with Gasteiger partial charge in [-0.1, -0.05) is 18.9 Å². The quantitative estimate of drug-likeness (QED) is 0.802. The first kappa shape index (κ1) is 19.3. The van der Waals surface area contributed by atoms with Crippen molar-refractivity contribution in [3.8, 4) is 0 Å². The molecule has 6 nitrogen and oxygen atoms in total. The number of aryl methyl sites for hydroxylation is 1. The molecule has 0 bridgehead atoms. The molecule has 0 unspecified atom stereocenters. The number of ether oxygens (including phenoxy) is 1. The van der Waals surface area contributed by atoms with Crippen molar-refractivity contribution >= 4 is 23.5 Å². The van der Waals surface area contributed by atoms with Crippen molar-refractivity contribution in [2.75, 3.05) is 11.9 Å². The highest BCUT2D eigenvalue weighted by atomic mass is 19.1. The van der Waals surface area contributed by atoms with E-state index in [0.29, 0.717) is 17.8 Å². The Labute approximate surface area is 158 Å².